The number of likely N-dealkylation sites (tertiary alicyclic amines) is 1. The van der Waals surface area contributed by atoms with Crippen molar-refractivity contribution in [3.63, 3.8) is 0 Å². The first-order valence-electron chi connectivity index (χ1n) is 8.34. The third-order valence-electron chi connectivity index (χ3n) is 5.28. The molecule has 0 bridgehead atoms. The fourth-order valence-corrected chi connectivity index (χ4v) is 4.00. The zero-order valence-electron chi connectivity index (χ0n) is 13.2. The number of ether oxygens (including phenoxy) is 1. The number of carbonyl (C=O) groups is 2. The molecule has 0 radical (unpaired) electrons. The van der Waals surface area contributed by atoms with Crippen LogP contribution < -0.4 is 0 Å². The second kappa shape index (κ2) is 6.60. The standard InChI is InChI=1S/C18H23NO4/c20-16(21)18-10-6-2-5-9-15(18)19(12-11-18)17(22)23-13-14-7-3-1-4-8-14/h1,3-4,7-8,15H,2,5-6,9-13H2,(H,20,21). The molecule has 1 aliphatic carbocycles. The second-order valence-electron chi connectivity index (χ2n) is 6.56. The maximum Gasteiger partial charge on any atom is 0.410 e. The molecule has 124 valence electrons. The molecule has 1 aromatic rings. The van der Waals surface area contributed by atoms with Gasteiger partial charge in [0.2, 0.25) is 0 Å². The highest BCUT2D eigenvalue weighted by Gasteiger charge is 2.54. The van der Waals surface area contributed by atoms with Crippen LogP contribution in [0.25, 0.3) is 0 Å². The molecule has 2 unspecified atom stereocenters. The average molecular weight is 317 g/mol. The zero-order valence-corrected chi connectivity index (χ0v) is 13.2. The summed E-state index contributed by atoms with van der Waals surface area (Å²) in [7, 11) is 0. The van der Waals surface area contributed by atoms with E-state index in [4.69, 9.17) is 4.74 Å². The molecule has 0 spiro atoms. The molecular weight excluding hydrogens is 294 g/mol. The number of hydrogen-bond donors (Lipinski definition) is 1. The molecule has 5 heteroatoms. The van der Waals surface area contributed by atoms with Crippen molar-refractivity contribution in [2.24, 2.45) is 5.41 Å². The number of amides is 1. The molecule has 5 nitrogen and oxygen atoms in total. The van der Waals surface area contributed by atoms with Crippen LogP contribution in [0, 0.1) is 5.41 Å². The predicted octanol–water partition coefficient (Wildman–Crippen LogP) is 3.43. The molecule has 23 heavy (non-hydrogen) atoms. The van der Waals surface area contributed by atoms with Crippen LogP contribution in [0.1, 0.15) is 44.1 Å². The molecule has 2 fully saturated rings. The first-order valence-corrected chi connectivity index (χ1v) is 8.34. The van der Waals surface area contributed by atoms with Crippen LogP contribution in [-0.4, -0.2) is 34.7 Å². The van der Waals surface area contributed by atoms with E-state index < -0.39 is 11.4 Å². The Hall–Kier alpha value is -2.04. The highest BCUT2D eigenvalue weighted by molar-refractivity contribution is 5.79. The number of fused-ring (bicyclic) bond motifs is 1. The fraction of sp³-hybridized carbons (Fsp3) is 0.556. The number of carbonyl (C=O) groups excluding carboxylic acids is 1. The first-order chi connectivity index (χ1) is 11.1. The molecule has 0 aromatic heterocycles. The van der Waals surface area contributed by atoms with Gasteiger partial charge in [0.25, 0.3) is 0 Å². The zero-order chi connectivity index (χ0) is 16.3. The summed E-state index contributed by atoms with van der Waals surface area (Å²) in [5.74, 6) is -0.761. The summed E-state index contributed by atoms with van der Waals surface area (Å²) in [5, 5.41) is 9.75. The lowest BCUT2D eigenvalue weighted by Crippen LogP contribution is -2.46. The van der Waals surface area contributed by atoms with Gasteiger partial charge in [-0.25, -0.2) is 4.79 Å². The van der Waals surface area contributed by atoms with E-state index in [1.165, 1.54) is 0 Å². The minimum absolute atomic E-state index is 0.225. The summed E-state index contributed by atoms with van der Waals surface area (Å²) < 4.78 is 5.42. The van der Waals surface area contributed by atoms with E-state index >= 15 is 0 Å². The Balaban J connectivity index is 1.70. The van der Waals surface area contributed by atoms with Crippen LogP contribution in [0.2, 0.25) is 0 Å². The number of hydrogen-bond acceptors (Lipinski definition) is 3. The fourth-order valence-electron chi connectivity index (χ4n) is 4.00. The molecule has 2 atom stereocenters. The van der Waals surface area contributed by atoms with E-state index in [1.807, 2.05) is 30.3 Å². The molecule has 1 aromatic carbocycles. The monoisotopic (exact) mass is 317 g/mol. The molecule has 3 rings (SSSR count). The van der Waals surface area contributed by atoms with Crippen LogP contribution in [0.15, 0.2) is 30.3 Å². The smallest absolute Gasteiger partial charge is 0.410 e. The maximum atomic E-state index is 12.5. The number of rotatable bonds is 3. The maximum absolute atomic E-state index is 12.5. The van der Waals surface area contributed by atoms with Crippen LogP contribution in [0.4, 0.5) is 4.79 Å². The van der Waals surface area contributed by atoms with Crippen LogP contribution in [0.5, 0.6) is 0 Å². The van der Waals surface area contributed by atoms with Crippen LogP contribution in [-0.2, 0) is 16.1 Å². The Labute approximate surface area is 136 Å². The normalized spacial score (nSPS) is 27.1. The van der Waals surface area contributed by atoms with E-state index in [9.17, 15) is 14.7 Å². The molecule has 1 heterocycles. The molecular formula is C18H23NO4. The van der Waals surface area contributed by atoms with E-state index in [0.29, 0.717) is 19.4 Å². The molecule has 1 saturated heterocycles. The van der Waals surface area contributed by atoms with Gasteiger partial charge in [-0.15, -0.1) is 0 Å². The van der Waals surface area contributed by atoms with Crippen molar-refractivity contribution >= 4 is 12.1 Å². The minimum atomic E-state index is -0.776. The lowest BCUT2D eigenvalue weighted by molar-refractivity contribution is -0.150. The van der Waals surface area contributed by atoms with Crippen molar-refractivity contribution in [2.45, 2.75) is 51.2 Å². The molecule has 1 aliphatic heterocycles. The average Bonchev–Trinajstić information content (AvgIpc) is 2.80. The summed E-state index contributed by atoms with van der Waals surface area (Å²) in [6.45, 7) is 0.702. The molecule has 1 N–H and O–H groups in total. The van der Waals surface area contributed by atoms with Crippen LogP contribution >= 0.6 is 0 Å². The highest BCUT2D eigenvalue weighted by Crippen LogP contribution is 2.46. The van der Waals surface area contributed by atoms with Gasteiger partial charge in [-0.05, 0) is 24.8 Å². The quantitative estimate of drug-likeness (QED) is 0.927. The van der Waals surface area contributed by atoms with E-state index in [1.54, 1.807) is 4.90 Å². The Bertz CT molecular complexity index is 574. The lowest BCUT2D eigenvalue weighted by Gasteiger charge is -2.33. The van der Waals surface area contributed by atoms with Gasteiger partial charge in [0.1, 0.15) is 6.61 Å². The van der Waals surface area contributed by atoms with Gasteiger partial charge in [0.05, 0.1) is 11.5 Å². The molecule has 1 amide bonds. The van der Waals surface area contributed by atoms with Crippen molar-refractivity contribution < 1.29 is 19.4 Å². The van der Waals surface area contributed by atoms with E-state index in [2.05, 4.69) is 0 Å². The van der Waals surface area contributed by atoms with E-state index in [0.717, 1.165) is 31.2 Å². The number of benzene rings is 1. The molecule has 1 saturated carbocycles. The third-order valence-corrected chi connectivity index (χ3v) is 5.28. The van der Waals surface area contributed by atoms with Gasteiger partial charge in [-0.2, -0.15) is 0 Å². The van der Waals surface area contributed by atoms with Crippen molar-refractivity contribution in [1.82, 2.24) is 4.90 Å². The Morgan fingerprint density at radius 2 is 1.96 bits per heavy atom. The second-order valence-corrected chi connectivity index (χ2v) is 6.56. The van der Waals surface area contributed by atoms with Gasteiger partial charge in [0.15, 0.2) is 0 Å². The SMILES string of the molecule is O=C(OCc1ccccc1)N1CCC2(C(=O)O)CCCCCC12. The summed E-state index contributed by atoms with van der Waals surface area (Å²) in [6.07, 6.45) is 4.51. The topological polar surface area (TPSA) is 66.8 Å². The van der Waals surface area contributed by atoms with Crippen molar-refractivity contribution in [3.05, 3.63) is 35.9 Å². The van der Waals surface area contributed by atoms with Gasteiger partial charge >= 0.3 is 12.1 Å². The summed E-state index contributed by atoms with van der Waals surface area (Å²) in [4.78, 5) is 26.0. The predicted molar refractivity (Wildman–Crippen MR) is 84.9 cm³/mol. The number of aliphatic carboxylic acids is 1. The summed E-state index contributed by atoms with van der Waals surface area (Å²) in [5.41, 5.74) is 0.160. The Kier molecular flexibility index (Phi) is 4.55. The third kappa shape index (κ3) is 3.05. The Morgan fingerprint density at radius 3 is 2.70 bits per heavy atom. The number of nitrogens with zero attached hydrogens (tertiary/aromatic N) is 1. The number of carboxylic acids is 1. The summed E-state index contributed by atoms with van der Waals surface area (Å²) >= 11 is 0. The van der Waals surface area contributed by atoms with Crippen LogP contribution in [0.3, 0.4) is 0 Å². The van der Waals surface area contributed by atoms with Crippen molar-refractivity contribution in [1.29, 1.82) is 0 Å². The van der Waals surface area contributed by atoms with Gasteiger partial charge < -0.3 is 14.7 Å². The molecule has 2 aliphatic rings. The van der Waals surface area contributed by atoms with Crippen molar-refractivity contribution in [2.75, 3.05) is 6.54 Å². The number of carboxylic acid groups (broad SMARTS) is 1. The lowest BCUT2D eigenvalue weighted by atomic mass is 9.76. The van der Waals surface area contributed by atoms with E-state index in [-0.39, 0.29) is 18.7 Å². The van der Waals surface area contributed by atoms with Crippen molar-refractivity contribution in [3.8, 4) is 0 Å². The Morgan fingerprint density at radius 1 is 1.17 bits per heavy atom. The largest absolute Gasteiger partial charge is 0.481 e. The highest BCUT2D eigenvalue weighted by atomic mass is 16.6. The minimum Gasteiger partial charge on any atom is -0.481 e. The summed E-state index contributed by atoms with van der Waals surface area (Å²) in [6, 6.07) is 9.30. The van der Waals surface area contributed by atoms with Gasteiger partial charge in [0, 0.05) is 6.54 Å². The van der Waals surface area contributed by atoms with Gasteiger partial charge in [-0.1, -0.05) is 49.6 Å². The first kappa shape index (κ1) is 15.8. The van der Waals surface area contributed by atoms with Gasteiger partial charge in [-0.3, -0.25) is 4.79 Å².